The molecule has 170 valence electrons. The number of ether oxygens (including phenoxy) is 1. The van der Waals surface area contributed by atoms with E-state index in [1.165, 1.54) is 6.92 Å². The van der Waals surface area contributed by atoms with Crippen molar-refractivity contribution in [2.75, 3.05) is 5.32 Å². The van der Waals surface area contributed by atoms with E-state index in [0.29, 0.717) is 23.0 Å². The van der Waals surface area contributed by atoms with Crippen LogP contribution in [0.5, 0.6) is 5.88 Å². The Hall–Kier alpha value is -4.19. The standard InChI is InChI=1S/C28H25N3O3/c1-18-8-16-24(17-9-18)31-28(34-19(2)32)25(26(30-31)21-10-11-21)20-12-14-23(15-13-20)29-27(33)22-6-4-3-5-7-22/h3-9,12-17,21H,10-11H2,1-2H3,(H,29,33). The fourth-order valence-electron chi connectivity index (χ4n) is 3.94. The van der Waals surface area contributed by atoms with Crippen LogP contribution >= 0.6 is 0 Å². The Bertz CT molecular complexity index is 1340. The normalized spacial score (nSPS) is 12.9. The van der Waals surface area contributed by atoms with Gasteiger partial charge in [-0.3, -0.25) is 9.59 Å². The molecular formula is C28H25N3O3. The van der Waals surface area contributed by atoms with E-state index in [1.54, 1.807) is 16.8 Å². The van der Waals surface area contributed by atoms with Crippen molar-refractivity contribution >= 4 is 17.6 Å². The zero-order valence-electron chi connectivity index (χ0n) is 19.1. The number of amides is 1. The molecule has 34 heavy (non-hydrogen) atoms. The molecule has 0 aliphatic heterocycles. The molecule has 1 aliphatic rings. The number of rotatable bonds is 6. The molecule has 5 rings (SSSR count). The molecular weight excluding hydrogens is 426 g/mol. The van der Waals surface area contributed by atoms with Gasteiger partial charge < -0.3 is 10.1 Å². The van der Waals surface area contributed by atoms with Gasteiger partial charge in [0.1, 0.15) is 0 Å². The number of aromatic nitrogens is 2. The van der Waals surface area contributed by atoms with Crippen molar-refractivity contribution in [1.29, 1.82) is 0 Å². The lowest BCUT2D eigenvalue weighted by Gasteiger charge is -2.10. The van der Waals surface area contributed by atoms with Gasteiger partial charge in [0.05, 0.1) is 16.9 Å². The summed E-state index contributed by atoms with van der Waals surface area (Å²) in [7, 11) is 0. The van der Waals surface area contributed by atoms with Gasteiger partial charge in [-0.2, -0.15) is 9.78 Å². The molecule has 3 aromatic carbocycles. The molecule has 0 radical (unpaired) electrons. The third-order valence-electron chi connectivity index (χ3n) is 5.82. The molecule has 1 N–H and O–H groups in total. The SMILES string of the molecule is CC(=O)Oc1c(-c2ccc(NC(=O)c3ccccc3)cc2)c(C2CC2)nn1-c1ccc(C)cc1. The minimum absolute atomic E-state index is 0.167. The lowest BCUT2D eigenvalue weighted by molar-refractivity contribution is -0.132. The van der Waals surface area contributed by atoms with Crippen LogP contribution in [0.4, 0.5) is 5.69 Å². The number of benzene rings is 3. The summed E-state index contributed by atoms with van der Waals surface area (Å²) in [6.45, 7) is 3.42. The van der Waals surface area contributed by atoms with Crippen molar-refractivity contribution in [1.82, 2.24) is 9.78 Å². The lowest BCUT2D eigenvalue weighted by Crippen LogP contribution is -2.11. The van der Waals surface area contributed by atoms with Crippen molar-refractivity contribution in [2.45, 2.75) is 32.6 Å². The fraction of sp³-hybridized carbons (Fsp3) is 0.179. The quantitative estimate of drug-likeness (QED) is 0.370. The average molecular weight is 452 g/mol. The molecule has 1 aromatic heterocycles. The third kappa shape index (κ3) is 4.48. The highest BCUT2D eigenvalue weighted by atomic mass is 16.5. The number of hydrogen-bond donors (Lipinski definition) is 1. The maximum absolute atomic E-state index is 12.5. The maximum Gasteiger partial charge on any atom is 0.309 e. The number of esters is 1. The summed E-state index contributed by atoms with van der Waals surface area (Å²) in [6, 6.07) is 24.6. The highest BCUT2D eigenvalue weighted by molar-refractivity contribution is 6.04. The van der Waals surface area contributed by atoms with E-state index in [4.69, 9.17) is 9.84 Å². The Balaban J connectivity index is 1.52. The average Bonchev–Trinajstić information content (AvgIpc) is 3.62. The van der Waals surface area contributed by atoms with Crippen molar-refractivity contribution in [3.05, 3.63) is 95.7 Å². The Kier molecular flexibility index (Phi) is 5.72. The van der Waals surface area contributed by atoms with Gasteiger partial charge in [-0.15, -0.1) is 0 Å². The van der Waals surface area contributed by atoms with Crippen LogP contribution in [0.25, 0.3) is 16.8 Å². The van der Waals surface area contributed by atoms with Gasteiger partial charge in [0.15, 0.2) is 0 Å². The van der Waals surface area contributed by atoms with Crippen molar-refractivity contribution in [3.8, 4) is 22.7 Å². The van der Waals surface area contributed by atoms with Gasteiger partial charge >= 0.3 is 5.97 Å². The van der Waals surface area contributed by atoms with Crippen LogP contribution in [0, 0.1) is 6.92 Å². The van der Waals surface area contributed by atoms with Gasteiger partial charge in [-0.05, 0) is 61.7 Å². The zero-order valence-corrected chi connectivity index (χ0v) is 19.1. The highest BCUT2D eigenvalue weighted by Gasteiger charge is 2.34. The van der Waals surface area contributed by atoms with Gasteiger partial charge in [0.2, 0.25) is 5.88 Å². The Morgan fingerprint density at radius 1 is 0.941 bits per heavy atom. The number of aryl methyl sites for hydroxylation is 1. The van der Waals surface area contributed by atoms with E-state index in [-0.39, 0.29) is 5.91 Å². The second-order valence-corrected chi connectivity index (χ2v) is 8.58. The molecule has 1 heterocycles. The summed E-state index contributed by atoms with van der Waals surface area (Å²) < 4.78 is 7.44. The fourth-order valence-corrected chi connectivity index (χ4v) is 3.94. The molecule has 0 atom stereocenters. The summed E-state index contributed by atoms with van der Waals surface area (Å²) in [6.07, 6.45) is 2.12. The largest absolute Gasteiger partial charge is 0.407 e. The number of carbonyl (C=O) groups excluding carboxylic acids is 2. The zero-order chi connectivity index (χ0) is 23.7. The topological polar surface area (TPSA) is 73.2 Å². The van der Waals surface area contributed by atoms with E-state index in [0.717, 1.165) is 40.9 Å². The number of nitrogens with zero attached hydrogens (tertiary/aromatic N) is 2. The Labute approximate surface area is 198 Å². The van der Waals surface area contributed by atoms with Gasteiger partial charge in [-0.25, -0.2) is 0 Å². The predicted molar refractivity (Wildman–Crippen MR) is 131 cm³/mol. The molecule has 6 heteroatoms. The van der Waals surface area contributed by atoms with Crippen molar-refractivity contribution < 1.29 is 14.3 Å². The van der Waals surface area contributed by atoms with Crippen LogP contribution in [-0.2, 0) is 4.79 Å². The highest BCUT2D eigenvalue weighted by Crippen LogP contribution is 2.48. The number of hydrogen-bond acceptors (Lipinski definition) is 4. The Morgan fingerprint density at radius 3 is 2.24 bits per heavy atom. The molecule has 1 fully saturated rings. The second kappa shape index (κ2) is 8.98. The Morgan fingerprint density at radius 2 is 1.62 bits per heavy atom. The minimum Gasteiger partial charge on any atom is -0.407 e. The van der Waals surface area contributed by atoms with Crippen LogP contribution in [0.2, 0.25) is 0 Å². The molecule has 1 amide bonds. The van der Waals surface area contributed by atoms with Crippen molar-refractivity contribution in [3.63, 3.8) is 0 Å². The summed E-state index contributed by atoms with van der Waals surface area (Å²) in [5, 5.41) is 7.81. The van der Waals surface area contributed by atoms with Crippen LogP contribution in [0.3, 0.4) is 0 Å². The number of nitrogens with one attached hydrogen (secondary N) is 1. The van der Waals surface area contributed by atoms with Crippen LogP contribution in [-0.4, -0.2) is 21.7 Å². The molecule has 4 aromatic rings. The maximum atomic E-state index is 12.5. The first-order valence-electron chi connectivity index (χ1n) is 11.3. The minimum atomic E-state index is -0.399. The smallest absolute Gasteiger partial charge is 0.309 e. The van der Waals surface area contributed by atoms with E-state index in [9.17, 15) is 9.59 Å². The first-order valence-corrected chi connectivity index (χ1v) is 11.3. The summed E-state index contributed by atoms with van der Waals surface area (Å²) >= 11 is 0. The summed E-state index contributed by atoms with van der Waals surface area (Å²) in [5.74, 6) is 0.191. The van der Waals surface area contributed by atoms with E-state index in [1.807, 2.05) is 73.7 Å². The van der Waals surface area contributed by atoms with Gasteiger partial charge in [0.25, 0.3) is 5.91 Å². The molecule has 1 saturated carbocycles. The predicted octanol–water partition coefficient (Wildman–Crippen LogP) is 5.90. The van der Waals surface area contributed by atoms with Crippen molar-refractivity contribution in [2.24, 2.45) is 0 Å². The van der Waals surface area contributed by atoms with Gasteiger partial charge in [0, 0.05) is 24.1 Å². The molecule has 0 saturated heterocycles. The van der Waals surface area contributed by atoms with E-state index >= 15 is 0 Å². The number of carbonyl (C=O) groups is 2. The first kappa shape index (κ1) is 21.6. The van der Waals surface area contributed by atoms with Crippen LogP contribution < -0.4 is 10.1 Å². The third-order valence-corrected chi connectivity index (χ3v) is 5.82. The van der Waals surface area contributed by atoms with E-state index < -0.39 is 5.97 Å². The first-order chi connectivity index (χ1) is 16.5. The lowest BCUT2D eigenvalue weighted by atomic mass is 10.0. The molecule has 0 bridgehead atoms. The number of anilines is 1. The monoisotopic (exact) mass is 451 g/mol. The van der Waals surface area contributed by atoms with E-state index in [2.05, 4.69) is 5.32 Å². The molecule has 1 aliphatic carbocycles. The van der Waals surface area contributed by atoms with Gasteiger partial charge in [-0.1, -0.05) is 48.0 Å². The van der Waals surface area contributed by atoms with Crippen LogP contribution in [0.15, 0.2) is 78.9 Å². The second-order valence-electron chi connectivity index (χ2n) is 8.58. The van der Waals surface area contributed by atoms with Crippen LogP contribution in [0.1, 0.15) is 47.3 Å². The summed E-state index contributed by atoms with van der Waals surface area (Å²) in [5.41, 5.74) is 5.89. The summed E-state index contributed by atoms with van der Waals surface area (Å²) in [4.78, 5) is 24.5. The molecule has 0 spiro atoms. The molecule has 0 unspecified atom stereocenters. The molecule has 6 nitrogen and oxygen atoms in total.